The maximum Gasteiger partial charge on any atom is 0.0897 e. The monoisotopic (exact) mass is 214 g/mol. The standard InChI is InChI=1S/C9H18N4S/c1-7-11-9(6-14-7)4-8(12-10)5-13(2)3/h6,8,12H,4-5,10H2,1-3H3. The van der Waals surface area contributed by atoms with Gasteiger partial charge in [0, 0.05) is 24.4 Å². The van der Waals surface area contributed by atoms with Crippen LogP contribution in [0.5, 0.6) is 0 Å². The van der Waals surface area contributed by atoms with Crippen molar-refractivity contribution in [3.63, 3.8) is 0 Å². The second-order valence-electron chi connectivity index (χ2n) is 3.69. The van der Waals surface area contributed by atoms with E-state index in [4.69, 9.17) is 5.84 Å². The summed E-state index contributed by atoms with van der Waals surface area (Å²) in [4.78, 5) is 6.53. The minimum atomic E-state index is 0.270. The summed E-state index contributed by atoms with van der Waals surface area (Å²) >= 11 is 1.68. The number of nitrogens with two attached hydrogens (primary N) is 1. The summed E-state index contributed by atoms with van der Waals surface area (Å²) < 4.78 is 0. The van der Waals surface area contributed by atoms with Crippen LogP contribution < -0.4 is 11.3 Å². The summed E-state index contributed by atoms with van der Waals surface area (Å²) in [5.41, 5.74) is 3.94. The van der Waals surface area contributed by atoms with Gasteiger partial charge in [-0.25, -0.2) is 4.98 Å². The van der Waals surface area contributed by atoms with E-state index in [1.165, 1.54) is 0 Å². The number of thiazole rings is 1. The first-order chi connectivity index (χ1) is 6.61. The van der Waals surface area contributed by atoms with E-state index in [2.05, 4.69) is 20.7 Å². The lowest BCUT2D eigenvalue weighted by Gasteiger charge is -2.19. The molecule has 0 radical (unpaired) electrons. The van der Waals surface area contributed by atoms with E-state index >= 15 is 0 Å². The molecule has 0 saturated carbocycles. The van der Waals surface area contributed by atoms with Crippen LogP contribution in [0.15, 0.2) is 5.38 Å². The van der Waals surface area contributed by atoms with Crippen LogP contribution in [-0.4, -0.2) is 36.6 Å². The van der Waals surface area contributed by atoms with Crippen molar-refractivity contribution in [2.45, 2.75) is 19.4 Å². The van der Waals surface area contributed by atoms with Crippen molar-refractivity contribution in [2.75, 3.05) is 20.6 Å². The molecule has 5 heteroatoms. The van der Waals surface area contributed by atoms with Gasteiger partial charge < -0.3 is 4.90 Å². The van der Waals surface area contributed by atoms with Crippen LogP contribution in [0.4, 0.5) is 0 Å². The molecule has 14 heavy (non-hydrogen) atoms. The van der Waals surface area contributed by atoms with E-state index in [0.29, 0.717) is 0 Å². The third kappa shape index (κ3) is 3.71. The molecular formula is C9H18N4S. The highest BCUT2D eigenvalue weighted by Crippen LogP contribution is 2.09. The molecule has 0 aromatic carbocycles. The van der Waals surface area contributed by atoms with Crippen molar-refractivity contribution < 1.29 is 0 Å². The molecule has 3 N–H and O–H groups in total. The zero-order chi connectivity index (χ0) is 10.6. The van der Waals surface area contributed by atoms with Gasteiger partial charge in [-0.2, -0.15) is 0 Å². The molecule has 4 nitrogen and oxygen atoms in total. The quantitative estimate of drug-likeness (QED) is 0.550. The lowest BCUT2D eigenvalue weighted by molar-refractivity contribution is 0.337. The van der Waals surface area contributed by atoms with Gasteiger partial charge in [0.1, 0.15) is 0 Å². The fraction of sp³-hybridized carbons (Fsp3) is 0.667. The fourth-order valence-electron chi connectivity index (χ4n) is 1.37. The summed E-state index contributed by atoms with van der Waals surface area (Å²) in [6.07, 6.45) is 0.888. The maximum absolute atomic E-state index is 5.47. The van der Waals surface area contributed by atoms with Crippen LogP contribution >= 0.6 is 11.3 Å². The minimum absolute atomic E-state index is 0.270. The Morgan fingerprint density at radius 3 is 2.79 bits per heavy atom. The summed E-state index contributed by atoms with van der Waals surface area (Å²) in [6, 6.07) is 0.270. The summed E-state index contributed by atoms with van der Waals surface area (Å²) in [6.45, 7) is 2.94. The van der Waals surface area contributed by atoms with Gasteiger partial charge in [-0.05, 0) is 21.0 Å². The highest BCUT2D eigenvalue weighted by molar-refractivity contribution is 7.09. The van der Waals surface area contributed by atoms with Crippen LogP contribution in [0.2, 0.25) is 0 Å². The Morgan fingerprint density at radius 2 is 2.36 bits per heavy atom. The molecule has 0 aliphatic heterocycles. The first-order valence-electron chi connectivity index (χ1n) is 4.63. The second kappa shape index (κ2) is 5.41. The summed E-state index contributed by atoms with van der Waals surface area (Å²) in [5.74, 6) is 5.47. The molecule has 1 unspecified atom stereocenters. The average molecular weight is 214 g/mol. The van der Waals surface area contributed by atoms with Gasteiger partial charge >= 0.3 is 0 Å². The highest BCUT2D eigenvalue weighted by atomic mass is 32.1. The summed E-state index contributed by atoms with van der Waals surface area (Å²) in [5, 5.41) is 3.20. The van der Waals surface area contributed by atoms with E-state index < -0.39 is 0 Å². The molecule has 1 heterocycles. The average Bonchev–Trinajstić information content (AvgIpc) is 2.49. The molecule has 0 aliphatic rings. The third-order valence-corrected chi connectivity index (χ3v) is 2.77. The molecule has 0 saturated heterocycles. The van der Waals surface area contributed by atoms with E-state index in [-0.39, 0.29) is 6.04 Å². The van der Waals surface area contributed by atoms with Gasteiger partial charge in [-0.1, -0.05) is 0 Å². The van der Waals surface area contributed by atoms with Crippen molar-refractivity contribution >= 4 is 11.3 Å². The molecule has 0 spiro atoms. The van der Waals surface area contributed by atoms with Crippen molar-refractivity contribution in [2.24, 2.45) is 5.84 Å². The first-order valence-corrected chi connectivity index (χ1v) is 5.51. The van der Waals surface area contributed by atoms with E-state index in [0.717, 1.165) is 23.7 Å². The van der Waals surface area contributed by atoms with Gasteiger partial charge in [0.25, 0.3) is 0 Å². The van der Waals surface area contributed by atoms with Crippen molar-refractivity contribution in [1.82, 2.24) is 15.3 Å². The van der Waals surface area contributed by atoms with Gasteiger partial charge in [-0.15, -0.1) is 11.3 Å². The zero-order valence-corrected chi connectivity index (χ0v) is 9.77. The Kier molecular flexibility index (Phi) is 4.47. The van der Waals surface area contributed by atoms with Crippen LogP contribution in [-0.2, 0) is 6.42 Å². The van der Waals surface area contributed by atoms with Crippen LogP contribution in [0, 0.1) is 6.92 Å². The fourth-order valence-corrected chi connectivity index (χ4v) is 2.00. The van der Waals surface area contributed by atoms with E-state index in [1.807, 2.05) is 21.0 Å². The molecule has 0 bridgehead atoms. The highest BCUT2D eigenvalue weighted by Gasteiger charge is 2.10. The number of likely N-dealkylation sites (N-methyl/N-ethyl adjacent to an activating group) is 1. The molecule has 0 amide bonds. The first kappa shape index (κ1) is 11.6. The second-order valence-corrected chi connectivity index (χ2v) is 4.75. The van der Waals surface area contributed by atoms with E-state index in [9.17, 15) is 0 Å². The topological polar surface area (TPSA) is 54.2 Å². The number of rotatable bonds is 5. The van der Waals surface area contributed by atoms with Gasteiger partial charge in [0.15, 0.2) is 0 Å². The zero-order valence-electron chi connectivity index (χ0n) is 8.95. The number of aryl methyl sites for hydroxylation is 1. The van der Waals surface area contributed by atoms with Crippen molar-refractivity contribution in [1.29, 1.82) is 0 Å². The van der Waals surface area contributed by atoms with Gasteiger partial charge in [0.2, 0.25) is 0 Å². The molecule has 1 aromatic rings. The third-order valence-electron chi connectivity index (χ3n) is 1.94. The molecule has 0 aliphatic carbocycles. The summed E-state index contributed by atoms with van der Waals surface area (Å²) in [7, 11) is 4.08. The van der Waals surface area contributed by atoms with Crippen LogP contribution in [0.3, 0.4) is 0 Å². The number of nitrogens with one attached hydrogen (secondary N) is 1. The van der Waals surface area contributed by atoms with Crippen LogP contribution in [0.1, 0.15) is 10.7 Å². The Hall–Kier alpha value is -0.490. The molecule has 1 rings (SSSR count). The molecule has 1 atom stereocenters. The number of hydrazine groups is 1. The Balaban J connectivity index is 2.48. The number of hydrogen-bond acceptors (Lipinski definition) is 5. The largest absolute Gasteiger partial charge is 0.308 e. The molecule has 0 fully saturated rings. The van der Waals surface area contributed by atoms with Crippen molar-refractivity contribution in [3.05, 3.63) is 16.1 Å². The SMILES string of the molecule is Cc1nc(CC(CN(C)C)NN)cs1. The number of nitrogens with zero attached hydrogens (tertiary/aromatic N) is 2. The number of hydrogen-bond donors (Lipinski definition) is 2. The Bertz CT molecular complexity index is 272. The normalized spacial score (nSPS) is 13.5. The van der Waals surface area contributed by atoms with Crippen molar-refractivity contribution in [3.8, 4) is 0 Å². The maximum atomic E-state index is 5.47. The molecule has 80 valence electrons. The van der Waals surface area contributed by atoms with E-state index in [1.54, 1.807) is 11.3 Å². The minimum Gasteiger partial charge on any atom is -0.308 e. The Morgan fingerprint density at radius 1 is 1.64 bits per heavy atom. The smallest absolute Gasteiger partial charge is 0.0897 e. The Labute approximate surface area is 89.1 Å². The lowest BCUT2D eigenvalue weighted by Crippen LogP contribution is -2.43. The van der Waals surface area contributed by atoms with Gasteiger partial charge in [0.05, 0.1) is 10.7 Å². The van der Waals surface area contributed by atoms with Crippen LogP contribution in [0.25, 0.3) is 0 Å². The predicted molar refractivity (Wildman–Crippen MR) is 60.2 cm³/mol. The lowest BCUT2D eigenvalue weighted by atomic mass is 10.2. The number of aromatic nitrogens is 1. The molecule has 1 aromatic heterocycles. The predicted octanol–water partition coefficient (Wildman–Crippen LogP) is 0.388. The molecular weight excluding hydrogens is 196 g/mol. The van der Waals surface area contributed by atoms with Gasteiger partial charge in [-0.3, -0.25) is 11.3 Å².